The molecule has 6 heteroatoms. The van der Waals surface area contributed by atoms with Crippen molar-refractivity contribution in [2.75, 3.05) is 0 Å². The monoisotopic (exact) mass is 232 g/mol. The van der Waals surface area contributed by atoms with Gasteiger partial charge in [0.2, 0.25) is 0 Å². The SMILES string of the molecule is CC(Cc1c(Cl)n(C)c(=O)n1C)C(=O)O. The zero-order valence-electron chi connectivity index (χ0n) is 8.82. The van der Waals surface area contributed by atoms with Gasteiger partial charge in [-0.05, 0) is 0 Å². The Morgan fingerprint density at radius 3 is 2.33 bits per heavy atom. The van der Waals surface area contributed by atoms with Crippen molar-refractivity contribution in [3.05, 3.63) is 21.3 Å². The lowest BCUT2D eigenvalue weighted by molar-refractivity contribution is -0.141. The van der Waals surface area contributed by atoms with Crippen LogP contribution in [-0.4, -0.2) is 20.2 Å². The number of halogens is 1. The minimum atomic E-state index is -0.901. The Morgan fingerprint density at radius 1 is 1.47 bits per heavy atom. The lowest BCUT2D eigenvalue weighted by atomic mass is 10.1. The van der Waals surface area contributed by atoms with Crippen LogP contribution in [0.1, 0.15) is 12.6 Å². The van der Waals surface area contributed by atoms with Crippen molar-refractivity contribution in [3.8, 4) is 0 Å². The summed E-state index contributed by atoms with van der Waals surface area (Å²) in [5.74, 6) is -1.46. The van der Waals surface area contributed by atoms with Gasteiger partial charge in [-0.3, -0.25) is 13.9 Å². The van der Waals surface area contributed by atoms with Gasteiger partial charge in [0.05, 0.1) is 11.6 Å². The molecular weight excluding hydrogens is 220 g/mol. The van der Waals surface area contributed by atoms with Gasteiger partial charge in [-0.1, -0.05) is 18.5 Å². The maximum absolute atomic E-state index is 11.5. The first-order valence-corrected chi connectivity index (χ1v) is 4.87. The largest absolute Gasteiger partial charge is 0.481 e. The van der Waals surface area contributed by atoms with Crippen molar-refractivity contribution in [1.29, 1.82) is 0 Å². The van der Waals surface area contributed by atoms with Crippen LogP contribution < -0.4 is 5.69 Å². The number of aromatic nitrogens is 2. The molecule has 1 aromatic heterocycles. The maximum Gasteiger partial charge on any atom is 0.329 e. The highest BCUT2D eigenvalue weighted by Crippen LogP contribution is 2.17. The minimum absolute atomic E-state index is 0.243. The Labute approximate surface area is 91.9 Å². The summed E-state index contributed by atoms with van der Waals surface area (Å²) < 4.78 is 2.67. The van der Waals surface area contributed by atoms with Crippen molar-refractivity contribution < 1.29 is 9.90 Å². The number of carboxylic acids is 1. The summed E-state index contributed by atoms with van der Waals surface area (Å²) in [7, 11) is 3.14. The molecule has 0 saturated heterocycles. The average molecular weight is 233 g/mol. The molecule has 0 aliphatic carbocycles. The number of aliphatic carboxylic acids is 1. The third-order valence-corrected chi connectivity index (χ3v) is 2.90. The minimum Gasteiger partial charge on any atom is -0.481 e. The molecule has 1 unspecified atom stereocenters. The normalized spacial score (nSPS) is 12.8. The molecule has 0 amide bonds. The molecule has 0 aliphatic heterocycles. The first kappa shape index (κ1) is 11.8. The van der Waals surface area contributed by atoms with Gasteiger partial charge in [-0.15, -0.1) is 0 Å². The van der Waals surface area contributed by atoms with Gasteiger partial charge < -0.3 is 5.11 Å². The third-order valence-electron chi connectivity index (χ3n) is 2.43. The van der Waals surface area contributed by atoms with Gasteiger partial charge >= 0.3 is 11.7 Å². The molecule has 1 rings (SSSR count). The topological polar surface area (TPSA) is 64.2 Å². The molecule has 0 aliphatic rings. The second-order valence-electron chi connectivity index (χ2n) is 3.58. The Balaban J connectivity index is 3.11. The van der Waals surface area contributed by atoms with E-state index in [9.17, 15) is 9.59 Å². The molecule has 0 bridgehead atoms. The molecule has 0 radical (unpaired) electrons. The van der Waals surface area contributed by atoms with Gasteiger partial charge in [0.1, 0.15) is 5.15 Å². The van der Waals surface area contributed by atoms with Gasteiger partial charge in [-0.25, -0.2) is 4.79 Å². The first-order chi connectivity index (χ1) is 6.86. The summed E-state index contributed by atoms with van der Waals surface area (Å²) in [4.78, 5) is 22.1. The molecule has 0 saturated carbocycles. The predicted octanol–water partition coefficient (Wildman–Crippen LogP) is 0.640. The third kappa shape index (κ3) is 2.07. The van der Waals surface area contributed by atoms with E-state index in [2.05, 4.69) is 0 Å². The molecule has 1 aromatic rings. The highest BCUT2D eigenvalue weighted by atomic mass is 35.5. The van der Waals surface area contributed by atoms with E-state index in [0.29, 0.717) is 10.8 Å². The zero-order chi connectivity index (χ0) is 11.7. The Morgan fingerprint density at radius 2 is 2.00 bits per heavy atom. The van der Waals surface area contributed by atoms with Crippen LogP contribution in [0.15, 0.2) is 4.79 Å². The van der Waals surface area contributed by atoms with E-state index in [1.807, 2.05) is 0 Å². The molecule has 15 heavy (non-hydrogen) atoms. The van der Waals surface area contributed by atoms with Crippen LogP contribution in [0.4, 0.5) is 0 Å². The van der Waals surface area contributed by atoms with Crippen LogP contribution in [-0.2, 0) is 25.3 Å². The molecule has 84 valence electrons. The van der Waals surface area contributed by atoms with Gasteiger partial charge in [0.15, 0.2) is 0 Å². The number of hydrogen-bond donors (Lipinski definition) is 1. The standard InChI is InChI=1S/C9H13ClN2O3/c1-5(8(13)14)4-6-7(10)12(3)9(15)11(6)2/h5H,4H2,1-3H3,(H,13,14). The Hall–Kier alpha value is -1.23. The number of hydrogen-bond acceptors (Lipinski definition) is 2. The fourth-order valence-corrected chi connectivity index (χ4v) is 1.63. The van der Waals surface area contributed by atoms with E-state index in [0.717, 1.165) is 0 Å². The molecule has 1 heterocycles. The first-order valence-electron chi connectivity index (χ1n) is 4.49. The number of rotatable bonds is 3. The fraction of sp³-hybridized carbons (Fsp3) is 0.556. The summed E-state index contributed by atoms with van der Waals surface area (Å²) in [6, 6.07) is 0. The highest BCUT2D eigenvalue weighted by Gasteiger charge is 2.19. The summed E-state index contributed by atoms with van der Waals surface area (Å²) >= 11 is 5.92. The van der Waals surface area contributed by atoms with Crippen molar-refractivity contribution in [1.82, 2.24) is 9.13 Å². The van der Waals surface area contributed by atoms with Gasteiger partial charge in [0, 0.05) is 20.5 Å². The van der Waals surface area contributed by atoms with E-state index in [1.54, 1.807) is 21.0 Å². The van der Waals surface area contributed by atoms with Crippen LogP contribution in [0.3, 0.4) is 0 Å². The van der Waals surface area contributed by atoms with E-state index in [1.165, 1.54) is 9.13 Å². The number of carboxylic acid groups (broad SMARTS) is 1. The second kappa shape index (κ2) is 4.10. The molecule has 0 spiro atoms. The van der Waals surface area contributed by atoms with Crippen molar-refractivity contribution in [2.24, 2.45) is 20.0 Å². The van der Waals surface area contributed by atoms with Gasteiger partial charge in [-0.2, -0.15) is 0 Å². The van der Waals surface area contributed by atoms with E-state index in [-0.39, 0.29) is 12.1 Å². The van der Waals surface area contributed by atoms with Crippen molar-refractivity contribution in [2.45, 2.75) is 13.3 Å². The van der Waals surface area contributed by atoms with E-state index < -0.39 is 11.9 Å². The quantitative estimate of drug-likeness (QED) is 0.832. The van der Waals surface area contributed by atoms with Crippen molar-refractivity contribution >= 4 is 17.6 Å². The maximum atomic E-state index is 11.5. The molecule has 5 nitrogen and oxygen atoms in total. The molecule has 0 aromatic carbocycles. The van der Waals surface area contributed by atoms with Crippen LogP contribution >= 0.6 is 11.6 Å². The van der Waals surface area contributed by atoms with Crippen molar-refractivity contribution in [3.63, 3.8) is 0 Å². The Bertz CT molecular complexity index is 447. The van der Waals surface area contributed by atoms with Gasteiger partial charge in [0.25, 0.3) is 0 Å². The fourth-order valence-electron chi connectivity index (χ4n) is 1.35. The summed E-state index contributed by atoms with van der Waals surface area (Å²) in [6.45, 7) is 1.58. The lowest BCUT2D eigenvalue weighted by Crippen LogP contribution is -2.21. The summed E-state index contributed by atoms with van der Waals surface area (Å²) in [5.41, 5.74) is 0.312. The number of carbonyl (C=O) groups is 1. The van der Waals surface area contributed by atoms with Crippen LogP contribution in [0, 0.1) is 5.92 Å². The smallest absolute Gasteiger partial charge is 0.329 e. The lowest BCUT2D eigenvalue weighted by Gasteiger charge is -2.06. The van der Waals surface area contributed by atoms with E-state index in [4.69, 9.17) is 16.7 Å². The van der Waals surface area contributed by atoms with Crippen LogP contribution in [0.2, 0.25) is 5.15 Å². The summed E-state index contributed by atoms with van der Waals surface area (Å²) in [6.07, 6.45) is 0.251. The molecular formula is C9H13ClN2O3. The number of imidazole rings is 1. The molecule has 1 N–H and O–H groups in total. The highest BCUT2D eigenvalue weighted by molar-refractivity contribution is 6.30. The zero-order valence-corrected chi connectivity index (χ0v) is 9.58. The number of nitrogens with zero attached hydrogens (tertiary/aromatic N) is 2. The second-order valence-corrected chi connectivity index (χ2v) is 3.94. The Kier molecular flexibility index (Phi) is 3.24. The van der Waals surface area contributed by atoms with E-state index >= 15 is 0 Å². The predicted molar refractivity (Wildman–Crippen MR) is 56.2 cm³/mol. The average Bonchev–Trinajstić information content (AvgIpc) is 2.35. The van der Waals surface area contributed by atoms with Crippen LogP contribution in [0.25, 0.3) is 0 Å². The summed E-state index contributed by atoms with van der Waals surface area (Å²) in [5, 5.41) is 9.07. The van der Waals surface area contributed by atoms with Crippen LogP contribution in [0.5, 0.6) is 0 Å². The molecule has 1 atom stereocenters. The molecule has 0 fully saturated rings.